The number of aromatic nitrogens is 4. The van der Waals surface area contributed by atoms with Gasteiger partial charge in [-0.3, -0.25) is 9.36 Å². The molecule has 6 heteroatoms. The Hall–Kier alpha value is -2.11. The molecule has 0 aliphatic carbocycles. The van der Waals surface area contributed by atoms with Crippen LogP contribution in [-0.2, 0) is 11.4 Å². The molecule has 2 aromatic heterocycles. The van der Waals surface area contributed by atoms with E-state index in [2.05, 4.69) is 14.9 Å². The first-order valence-electron chi connectivity index (χ1n) is 4.80. The smallest absolute Gasteiger partial charge is 0.358 e. The van der Waals surface area contributed by atoms with E-state index in [9.17, 15) is 4.79 Å². The Labute approximate surface area is 92.4 Å². The third kappa shape index (κ3) is 2.10. The van der Waals surface area contributed by atoms with Gasteiger partial charge in [-0.2, -0.15) is 10.2 Å². The van der Waals surface area contributed by atoms with Crippen LogP contribution in [0.4, 0.5) is 0 Å². The van der Waals surface area contributed by atoms with Crippen molar-refractivity contribution in [2.45, 2.75) is 13.6 Å². The third-order valence-electron chi connectivity index (χ3n) is 2.09. The Morgan fingerprint density at radius 2 is 2.31 bits per heavy atom. The lowest BCUT2D eigenvalue weighted by atomic mass is 10.4. The number of nitrogens with zero attached hydrogens (tertiary/aromatic N) is 4. The highest BCUT2D eigenvalue weighted by Gasteiger charge is 2.08. The highest BCUT2D eigenvalue weighted by Crippen LogP contribution is 1.99. The standard InChI is InChI=1S/C10H12N4O2/c1-8-5-11-14(6-8)7-13-4-3-9(12-13)10(15)16-2/h3-6H,7H2,1-2H3. The molecule has 0 aliphatic heterocycles. The van der Waals surface area contributed by atoms with E-state index in [1.54, 1.807) is 27.8 Å². The normalized spacial score (nSPS) is 10.4. The molecule has 0 saturated heterocycles. The molecule has 0 amide bonds. The lowest BCUT2D eigenvalue weighted by Gasteiger charge is -2.00. The summed E-state index contributed by atoms with van der Waals surface area (Å²) in [4.78, 5) is 11.2. The van der Waals surface area contributed by atoms with Crippen LogP contribution in [0.1, 0.15) is 16.1 Å². The number of aryl methyl sites for hydroxylation is 1. The summed E-state index contributed by atoms with van der Waals surface area (Å²) in [7, 11) is 1.33. The number of hydrogen-bond acceptors (Lipinski definition) is 4. The number of carbonyl (C=O) groups is 1. The molecule has 0 radical (unpaired) electrons. The van der Waals surface area contributed by atoms with Crippen LogP contribution in [0.5, 0.6) is 0 Å². The van der Waals surface area contributed by atoms with Crippen molar-refractivity contribution >= 4 is 5.97 Å². The topological polar surface area (TPSA) is 61.9 Å². The van der Waals surface area contributed by atoms with Gasteiger partial charge in [-0.25, -0.2) is 4.79 Å². The first-order chi connectivity index (χ1) is 7.69. The van der Waals surface area contributed by atoms with Crippen molar-refractivity contribution < 1.29 is 9.53 Å². The summed E-state index contributed by atoms with van der Waals surface area (Å²) in [5.41, 5.74) is 1.38. The van der Waals surface area contributed by atoms with E-state index >= 15 is 0 Å². The van der Waals surface area contributed by atoms with Crippen LogP contribution < -0.4 is 0 Å². The summed E-state index contributed by atoms with van der Waals surface area (Å²) in [5.74, 6) is -0.435. The summed E-state index contributed by atoms with van der Waals surface area (Å²) >= 11 is 0. The predicted octanol–water partition coefficient (Wildman–Crippen LogP) is 0.680. The zero-order chi connectivity index (χ0) is 11.5. The Balaban J connectivity index is 2.11. The summed E-state index contributed by atoms with van der Waals surface area (Å²) in [6.07, 6.45) is 5.38. The summed E-state index contributed by atoms with van der Waals surface area (Å²) in [6, 6.07) is 1.61. The van der Waals surface area contributed by atoms with Gasteiger partial charge in [0.15, 0.2) is 5.69 Å². The average molecular weight is 220 g/mol. The van der Waals surface area contributed by atoms with E-state index in [1.165, 1.54) is 7.11 Å². The van der Waals surface area contributed by atoms with E-state index in [1.807, 2.05) is 13.1 Å². The van der Waals surface area contributed by atoms with Gasteiger partial charge in [-0.15, -0.1) is 0 Å². The lowest BCUT2D eigenvalue weighted by Crippen LogP contribution is -2.10. The number of ether oxygens (including phenoxy) is 1. The van der Waals surface area contributed by atoms with Gasteiger partial charge in [0, 0.05) is 12.4 Å². The highest BCUT2D eigenvalue weighted by atomic mass is 16.5. The molecule has 0 spiro atoms. The monoisotopic (exact) mass is 220 g/mol. The summed E-state index contributed by atoms with van der Waals surface area (Å²) < 4.78 is 7.93. The molecule has 6 nitrogen and oxygen atoms in total. The first kappa shape index (κ1) is 10.4. The zero-order valence-electron chi connectivity index (χ0n) is 9.12. The summed E-state index contributed by atoms with van der Waals surface area (Å²) in [6.45, 7) is 2.44. The lowest BCUT2D eigenvalue weighted by molar-refractivity contribution is 0.0593. The van der Waals surface area contributed by atoms with Gasteiger partial charge in [0.05, 0.1) is 13.3 Å². The summed E-state index contributed by atoms with van der Waals surface area (Å²) in [5, 5.41) is 8.19. The molecule has 2 rings (SSSR count). The molecule has 2 heterocycles. The van der Waals surface area contributed by atoms with E-state index in [4.69, 9.17) is 0 Å². The Morgan fingerprint density at radius 1 is 1.50 bits per heavy atom. The SMILES string of the molecule is COC(=O)c1ccn(Cn2cc(C)cn2)n1. The Bertz CT molecular complexity index is 500. The molecule has 0 unspecified atom stereocenters. The molecule has 16 heavy (non-hydrogen) atoms. The van der Waals surface area contributed by atoms with Crippen LogP contribution in [0, 0.1) is 6.92 Å². The van der Waals surface area contributed by atoms with Gasteiger partial charge in [-0.1, -0.05) is 0 Å². The van der Waals surface area contributed by atoms with E-state index in [-0.39, 0.29) is 0 Å². The second kappa shape index (κ2) is 4.18. The van der Waals surface area contributed by atoms with Crippen molar-refractivity contribution in [3.05, 3.63) is 35.9 Å². The second-order valence-corrected chi connectivity index (χ2v) is 3.43. The van der Waals surface area contributed by atoms with Gasteiger partial charge in [0.1, 0.15) is 6.67 Å². The van der Waals surface area contributed by atoms with Gasteiger partial charge in [0.25, 0.3) is 0 Å². The van der Waals surface area contributed by atoms with Crippen molar-refractivity contribution in [1.29, 1.82) is 0 Å². The van der Waals surface area contributed by atoms with Crippen LogP contribution in [-0.4, -0.2) is 32.6 Å². The van der Waals surface area contributed by atoms with E-state index < -0.39 is 5.97 Å². The van der Waals surface area contributed by atoms with Gasteiger partial charge < -0.3 is 4.74 Å². The fourth-order valence-electron chi connectivity index (χ4n) is 1.35. The molecular weight excluding hydrogens is 208 g/mol. The minimum absolute atomic E-state index is 0.298. The molecule has 0 fully saturated rings. The average Bonchev–Trinajstić information content (AvgIpc) is 2.87. The van der Waals surface area contributed by atoms with Gasteiger partial charge in [-0.05, 0) is 18.6 Å². The van der Waals surface area contributed by atoms with Crippen molar-refractivity contribution in [3.8, 4) is 0 Å². The zero-order valence-corrected chi connectivity index (χ0v) is 9.12. The molecule has 0 saturated carbocycles. The highest BCUT2D eigenvalue weighted by molar-refractivity contribution is 5.86. The van der Waals surface area contributed by atoms with Crippen LogP contribution >= 0.6 is 0 Å². The van der Waals surface area contributed by atoms with Crippen molar-refractivity contribution in [2.75, 3.05) is 7.11 Å². The number of methoxy groups -OCH3 is 1. The van der Waals surface area contributed by atoms with Crippen molar-refractivity contribution in [1.82, 2.24) is 19.6 Å². The Morgan fingerprint density at radius 3 is 2.94 bits per heavy atom. The molecule has 0 atom stereocenters. The van der Waals surface area contributed by atoms with Crippen LogP contribution in [0.15, 0.2) is 24.7 Å². The van der Waals surface area contributed by atoms with Crippen LogP contribution in [0.25, 0.3) is 0 Å². The van der Waals surface area contributed by atoms with Gasteiger partial charge in [0.2, 0.25) is 0 Å². The molecule has 0 N–H and O–H groups in total. The minimum Gasteiger partial charge on any atom is -0.464 e. The maximum absolute atomic E-state index is 11.2. The quantitative estimate of drug-likeness (QED) is 0.713. The molecule has 0 aromatic carbocycles. The van der Waals surface area contributed by atoms with Crippen LogP contribution in [0.2, 0.25) is 0 Å². The van der Waals surface area contributed by atoms with Crippen LogP contribution in [0.3, 0.4) is 0 Å². The fourth-order valence-corrected chi connectivity index (χ4v) is 1.35. The van der Waals surface area contributed by atoms with Crippen molar-refractivity contribution in [2.24, 2.45) is 0 Å². The molecular formula is C10H12N4O2. The molecule has 84 valence electrons. The molecule has 2 aromatic rings. The fraction of sp³-hybridized carbons (Fsp3) is 0.300. The number of rotatable bonds is 3. The Kier molecular flexibility index (Phi) is 2.72. The number of esters is 1. The maximum Gasteiger partial charge on any atom is 0.358 e. The first-order valence-corrected chi connectivity index (χ1v) is 4.80. The minimum atomic E-state index is -0.435. The number of carbonyl (C=O) groups excluding carboxylic acids is 1. The van der Waals surface area contributed by atoms with E-state index in [0.29, 0.717) is 12.4 Å². The number of hydrogen-bond donors (Lipinski definition) is 0. The molecule has 0 bridgehead atoms. The largest absolute Gasteiger partial charge is 0.464 e. The second-order valence-electron chi connectivity index (χ2n) is 3.43. The third-order valence-corrected chi connectivity index (χ3v) is 2.09. The van der Waals surface area contributed by atoms with Crippen molar-refractivity contribution in [3.63, 3.8) is 0 Å². The molecule has 0 aliphatic rings. The predicted molar refractivity (Wildman–Crippen MR) is 55.9 cm³/mol. The van der Waals surface area contributed by atoms with Gasteiger partial charge >= 0.3 is 5.97 Å². The maximum atomic E-state index is 11.2. The van der Waals surface area contributed by atoms with E-state index in [0.717, 1.165) is 5.56 Å².